The number of aryl methyl sites for hydroxylation is 1. The zero-order valence-corrected chi connectivity index (χ0v) is 14.3. The Hall–Kier alpha value is -1.95. The van der Waals surface area contributed by atoms with Gasteiger partial charge in [-0.25, -0.2) is 8.42 Å². The molecule has 0 fully saturated rings. The lowest BCUT2D eigenvalue weighted by atomic mass is 10.00. The molecule has 3 rings (SSSR count). The van der Waals surface area contributed by atoms with E-state index in [0.29, 0.717) is 4.21 Å². The summed E-state index contributed by atoms with van der Waals surface area (Å²) in [5.74, 6) is 0. The fourth-order valence-corrected chi connectivity index (χ4v) is 4.90. The number of thiophene rings is 1. The number of nitrogens with one attached hydrogen (secondary N) is 1. The van der Waals surface area contributed by atoms with Crippen molar-refractivity contribution in [1.82, 2.24) is 4.72 Å². The number of hydrogen-bond acceptors (Lipinski definition) is 3. The van der Waals surface area contributed by atoms with Crippen molar-refractivity contribution in [2.75, 3.05) is 0 Å². The van der Waals surface area contributed by atoms with Gasteiger partial charge in [-0.2, -0.15) is 4.72 Å². The summed E-state index contributed by atoms with van der Waals surface area (Å²) in [4.78, 5) is 0.973. The summed E-state index contributed by atoms with van der Waals surface area (Å²) in [7, 11) is -3.57. The molecular formula is C18H17NO2S2. The highest BCUT2D eigenvalue weighted by atomic mass is 32.2. The molecule has 0 saturated heterocycles. The molecule has 2 aromatic carbocycles. The van der Waals surface area contributed by atoms with Gasteiger partial charge in [0, 0.05) is 4.88 Å². The van der Waals surface area contributed by atoms with Gasteiger partial charge in [-0.3, -0.25) is 0 Å². The molecule has 0 saturated carbocycles. The van der Waals surface area contributed by atoms with Crippen molar-refractivity contribution in [2.24, 2.45) is 0 Å². The van der Waals surface area contributed by atoms with Gasteiger partial charge in [-0.05, 0) is 30.2 Å². The van der Waals surface area contributed by atoms with Gasteiger partial charge in [0.1, 0.15) is 4.21 Å². The second kappa shape index (κ2) is 6.66. The van der Waals surface area contributed by atoms with Crippen molar-refractivity contribution < 1.29 is 8.42 Å². The predicted molar refractivity (Wildman–Crippen MR) is 94.1 cm³/mol. The standard InChI is InChI=1S/C18H17NO2S2/c1-14-12-13-17(22-14)23(20,21)19-18(15-8-4-2-5-9-15)16-10-6-3-7-11-16/h2-13,18-19H,1H3. The SMILES string of the molecule is Cc1ccc(S(=O)(=O)NC(c2ccccc2)c2ccccc2)s1. The van der Waals surface area contributed by atoms with Crippen molar-refractivity contribution >= 4 is 21.4 Å². The lowest BCUT2D eigenvalue weighted by Crippen LogP contribution is -2.28. The first-order valence-electron chi connectivity index (χ1n) is 7.25. The minimum atomic E-state index is -3.57. The van der Waals surface area contributed by atoms with Crippen LogP contribution in [0.2, 0.25) is 0 Å². The second-order valence-electron chi connectivity index (χ2n) is 5.24. The highest BCUT2D eigenvalue weighted by Crippen LogP contribution is 2.27. The largest absolute Gasteiger partial charge is 0.250 e. The van der Waals surface area contributed by atoms with Crippen molar-refractivity contribution in [3.05, 3.63) is 88.8 Å². The minimum Gasteiger partial charge on any atom is -0.206 e. The van der Waals surface area contributed by atoms with Crippen LogP contribution in [0.25, 0.3) is 0 Å². The monoisotopic (exact) mass is 343 g/mol. The van der Waals surface area contributed by atoms with Gasteiger partial charge in [0.15, 0.2) is 0 Å². The lowest BCUT2D eigenvalue weighted by Gasteiger charge is -2.19. The van der Waals surface area contributed by atoms with Gasteiger partial charge >= 0.3 is 0 Å². The Morgan fingerprint density at radius 3 is 1.78 bits per heavy atom. The average Bonchev–Trinajstić information content (AvgIpc) is 3.02. The van der Waals surface area contributed by atoms with Crippen LogP contribution < -0.4 is 4.72 Å². The normalized spacial score (nSPS) is 11.7. The first-order valence-corrected chi connectivity index (χ1v) is 9.55. The zero-order chi connectivity index (χ0) is 16.3. The quantitative estimate of drug-likeness (QED) is 0.757. The Bertz CT molecular complexity index is 832. The maximum atomic E-state index is 12.7. The van der Waals surface area contributed by atoms with Gasteiger partial charge in [-0.1, -0.05) is 60.7 Å². The fourth-order valence-electron chi connectivity index (χ4n) is 2.39. The van der Waals surface area contributed by atoms with E-state index in [2.05, 4.69) is 4.72 Å². The summed E-state index contributed by atoms with van der Waals surface area (Å²) < 4.78 is 28.6. The Morgan fingerprint density at radius 2 is 1.35 bits per heavy atom. The summed E-state index contributed by atoms with van der Waals surface area (Å²) in [5.41, 5.74) is 1.83. The van der Waals surface area contributed by atoms with Crippen molar-refractivity contribution in [3.8, 4) is 0 Å². The third-order valence-electron chi connectivity index (χ3n) is 3.52. The minimum absolute atomic E-state index is 0.340. The lowest BCUT2D eigenvalue weighted by molar-refractivity contribution is 0.574. The molecule has 1 aromatic heterocycles. The van der Waals surface area contributed by atoms with Crippen LogP contribution in [-0.4, -0.2) is 8.42 Å². The molecule has 23 heavy (non-hydrogen) atoms. The van der Waals surface area contributed by atoms with Gasteiger partial charge in [0.2, 0.25) is 0 Å². The van der Waals surface area contributed by atoms with E-state index in [1.807, 2.05) is 73.7 Å². The summed E-state index contributed by atoms with van der Waals surface area (Å²) in [6.45, 7) is 1.90. The molecule has 0 radical (unpaired) electrons. The molecule has 0 amide bonds. The van der Waals surface area contributed by atoms with E-state index in [-0.39, 0.29) is 0 Å². The molecule has 0 bridgehead atoms. The van der Waals surface area contributed by atoms with E-state index in [1.165, 1.54) is 11.3 Å². The second-order valence-corrected chi connectivity index (χ2v) is 8.47. The third kappa shape index (κ3) is 3.69. The van der Waals surface area contributed by atoms with E-state index in [1.54, 1.807) is 6.07 Å². The van der Waals surface area contributed by atoms with Crippen LogP contribution in [0.15, 0.2) is 77.0 Å². The van der Waals surface area contributed by atoms with Gasteiger partial charge in [-0.15, -0.1) is 11.3 Å². The Morgan fingerprint density at radius 1 is 0.826 bits per heavy atom. The molecule has 0 spiro atoms. The maximum absolute atomic E-state index is 12.7. The van der Waals surface area contributed by atoms with E-state index >= 15 is 0 Å². The number of hydrogen-bond donors (Lipinski definition) is 1. The van der Waals surface area contributed by atoms with E-state index < -0.39 is 16.1 Å². The van der Waals surface area contributed by atoms with Crippen LogP contribution in [0.5, 0.6) is 0 Å². The predicted octanol–water partition coefficient (Wildman–Crippen LogP) is 4.12. The Kier molecular flexibility index (Phi) is 4.61. The third-order valence-corrected chi connectivity index (χ3v) is 6.43. The van der Waals surface area contributed by atoms with Crippen LogP contribution in [0.4, 0.5) is 0 Å². The van der Waals surface area contributed by atoms with Gasteiger partial charge in [0.05, 0.1) is 6.04 Å². The molecular weight excluding hydrogens is 326 g/mol. The van der Waals surface area contributed by atoms with E-state index in [9.17, 15) is 8.42 Å². The van der Waals surface area contributed by atoms with Crippen LogP contribution in [0.3, 0.4) is 0 Å². The van der Waals surface area contributed by atoms with Gasteiger partial charge in [0.25, 0.3) is 10.0 Å². The first-order chi connectivity index (χ1) is 11.1. The summed E-state index contributed by atoms with van der Waals surface area (Å²) in [6.07, 6.45) is 0. The molecule has 0 aliphatic carbocycles. The Labute approximate surface area is 140 Å². The molecule has 0 aliphatic heterocycles. The summed E-state index contributed by atoms with van der Waals surface area (Å²) in [6, 6.07) is 22.3. The molecule has 118 valence electrons. The number of benzene rings is 2. The molecule has 3 aromatic rings. The average molecular weight is 343 g/mol. The topological polar surface area (TPSA) is 46.2 Å². The van der Waals surface area contributed by atoms with Crippen molar-refractivity contribution in [1.29, 1.82) is 0 Å². The molecule has 3 nitrogen and oxygen atoms in total. The van der Waals surface area contributed by atoms with Crippen molar-refractivity contribution in [2.45, 2.75) is 17.2 Å². The van der Waals surface area contributed by atoms with E-state index in [4.69, 9.17) is 0 Å². The van der Waals surface area contributed by atoms with Crippen LogP contribution in [0.1, 0.15) is 22.0 Å². The summed E-state index contributed by atoms with van der Waals surface area (Å²) in [5, 5.41) is 0. The highest BCUT2D eigenvalue weighted by molar-refractivity contribution is 7.91. The van der Waals surface area contributed by atoms with Crippen LogP contribution >= 0.6 is 11.3 Å². The summed E-state index contributed by atoms with van der Waals surface area (Å²) >= 11 is 1.28. The number of rotatable bonds is 5. The molecule has 0 unspecified atom stereocenters. The first kappa shape index (κ1) is 15.9. The highest BCUT2D eigenvalue weighted by Gasteiger charge is 2.23. The number of sulfonamides is 1. The molecule has 1 N–H and O–H groups in total. The molecule has 0 atom stereocenters. The zero-order valence-electron chi connectivity index (χ0n) is 12.6. The molecule has 1 heterocycles. The van der Waals surface area contributed by atoms with Crippen LogP contribution in [0, 0.1) is 6.92 Å². The van der Waals surface area contributed by atoms with E-state index in [0.717, 1.165) is 16.0 Å². The van der Waals surface area contributed by atoms with Gasteiger partial charge < -0.3 is 0 Å². The van der Waals surface area contributed by atoms with Crippen molar-refractivity contribution in [3.63, 3.8) is 0 Å². The molecule has 5 heteroatoms. The maximum Gasteiger partial charge on any atom is 0.250 e. The Balaban J connectivity index is 2.00. The fraction of sp³-hybridized carbons (Fsp3) is 0.111. The van der Waals surface area contributed by atoms with Crippen LogP contribution in [-0.2, 0) is 10.0 Å². The molecule has 0 aliphatic rings. The smallest absolute Gasteiger partial charge is 0.206 e.